The number of rotatable bonds is 6. The van der Waals surface area contributed by atoms with E-state index in [1.165, 1.54) is 12.1 Å². The van der Waals surface area contributed by atoms with Gasteiger partial charge in [0.25, 0.3) is 5.91 Å². The van der Waals surface area contributed by atoms with E-state index < -0.39 is 0 Å². The largest absolute Gasteiger partial charge is 0.381 e. The Morgan fingerprint density at radius 1 is 1.22 bits per heavy atom. The van der Waals surface area contributed by atoms with Crippen molar-refractivity contribution in [2.75, 3.05) is 36.6 Å². The summed E-state index contributed by atoms with van der Waals surface area (Å²) in [6, 6.07) is 10.6. The Morgan fingerprint density at radius 3 is 2.70 bits per heavy atom. The lowest BCUT2D eigenvalue weighted by Crippen LogP contribution is -2.29. The molecule has 0 aliphatic carbocycles. The Balaban J connectivity index is 1.73. The third-order valence-electron chi connectivity index (χ3n) is 4.42. The number of aryl methyl sites for hydroxylation is 1. The van der Waals surface area contributed by atoms with Gasteiger partial charge >= 0.3 is 0 Å². The van der Waals surface area contributed by atoms with Crippen molar-refractivity contribution in [3.05, 3.63) is 59.5 Å². The van der Waals surface area contributed by atoms with Crippen LogP contribution in [0.25, 0.3) is 5.57 Å². The SMILES string of the molecule is Cc1cc(N/C=C2/C(=O)Nc3cc(F)ccc32)ccc1NC(C)CN(C)C. The second kappa shape index (κ2) is 7.80. The van der Waals surface area contributed by atoms with E-state index in [2.05, 4.69) is 41.9 Å². The van der Waals surface area contributed by atoms with Crippen molar-refractivity contribution in [2.24, 2.45) is 0 Å². The molecule has 0 saturated carbocycles. The zero-order valence-corrected chi connectivity index (χ0v) is 16.1. The van der Waals surface area contributed by atoms with Crippen molar-refractivity contribution in [1.29, 1.82) is 0 Å². The number of hydrogen-bond donors (Lipinski definition) is 3. The van der Waals surface area contributed by atoms with Gasteiger partial charge in [-0.3, -0.25) is 4.79 Å². The monoisotopic (exact) mass is 368 g/mol. The molecule has 1 atom stereocenters. The average Bonchev–Trinajstić information content (AvgIpc) is 2.88. The highest BCUT2D eigenvalue weighted by atomic mass is 19.1. The number of amides is 1. The molecule has 3 rings (SSSR count). The number of likely N-dealkylation sites (N-methyl/N-ethyl adjacent to an activating group) is 1. The minimum atomic E-state index is -0.370. The topological polar surface area (TPSA) is 56.4 Å². The zero-order valence-electron chi connectivity index (χ0n) is 16.1. The molecule has 0 aromatic heterocycles. The van der Waals surface area contributed by atoms with E-state index in [9.17, 15) is 9.18 Å². The van der Waals surface area contributed by atoms with Crippen LogP contribution in [0, 0.1) is 12.7 Å². The highest BCUT2D eigenvalue weighted by Crippen LogP contribution is 2.32. The molecule has 1 unspecified atom stereocenters. The molecule has 1 amide bonds. The van der Waals surface area contributed by atoms with Gasteiger partial charge in [-0.05, 0) is 69.9 Å². The summed E-state index contributed by atoms with van der Waals surface area (Å²) in [5, 5.41) is 9.36. The zero-order chi connectivity index (χ0) is 19.6. The fourth-order valence-corrected chi connectivity index (χ4v) is 3.24. The molecule has 142 valence electrons. The molecular formula is C21H25FN4O. The summed E-state index contributed by atoms with van der Waals surface area (Å²) in [5.74, 6) is -0.610. The van der Waals surface area contributed by atoms with E-state index >= 15 is 0 Å². The van der Waals surface area contributed by atoms with E-state index in [-0.39, 0.29) is 11.7 Å². The molecule has 2 aromatic carbocycles. The van der Waals surface area contributed by atoms with E-state index in [1.54, 1.807) is 12.3 Å². The van der Waals surface area contributed by atoms with Crippen LogP contribution in [-0.4, -0.2) is 37.5 Å². The minimum absolute atomic E-state index is 0.240. The van der Waals surface area contributed by atoms with Crippen LogP contribution >= 0.6 is 0 Å². The number of halogens is 1. The minimum Gasteiger partial charge on any atom is -0.381 e. The van der Waals surface area contributed by atoms with Gasteiger partial charge in [0.15, 0.2) is 0 Å². The predicted molar refractivity (Wildman–Crippen MR) is 109 cm³/mol. The van der Waals surface area contributed by atoms with Crippen LogP contribution in [0.15, 0.2) is 42.6 Å². The molecule has 1 heterocycles. The highest BCUT2D eigenvalue weighted by molar-refractivity contribution is 6.31. The van der Waals surface area contributed by atoms with E-state index in [4.69, 9.17) is 0 Å². The summed E-state index contributed by atoms with van der Waals surface area (Å²) in [5.41, 5.74) is 4.77. The number of benzene rings is 2. The lowest BCUT2D eigenvalue weighted by Gasteiger charge is -2.21. The summed E-state index contributed by atoms with van der Waals surface area (Å²) in [6.07, 6.45) is 1.66. The second-order valence-corrected chi connectivity index (χ2v) is 7.18. The number of carbonyl (C=O) groups is 1. The van der Waals surface area contributed by atoms with Gasteiger partial charge in [0, 0.05) is 35.7 Å². The van der Waals surface area contributed by atoms with Crippen molar-refractivity contribution in [3.63, 3.8) is 0 Å². The highest BCUT2D eigenvalue weighted by Gasteiger charge is 2.24. The van der Waals surface area contributed by atoms with Crippen LogP contribution in [0.5, 0.6) is 0 Å². The Kier molecular flexibility index (Phi) is 5.46. The number of fused-ring (bicyclic) bond motifs is 1. The van der Waals surface area contributed by atoms with Crippen LogP contribution < -0.4 is 16.0 Å². The fraction of sp³-hybridized carbons (Fsp3) is 0.286. The lowest BCUT2D eigenvalue weighted by molar-refractivity contribution is -0.110. The summed E-state index contributed by atoms with van der Waals surface area (Å²) >= 11 is 0. The number of hydrogen-bond acceptors (Lipinski definition) is 4. The molecule has 5 nitrogen and oxygen atoms in total. The van der Waals surface area contributed by atoms with Crippen LogP contribution in [0.2, 0.25) is 0 Å². The Labute approximate surface area is 159 Å². The molecule has 1 aliphatic heterocycles. The van der Waals surface area contributed by atoms with Crippen LogP contribution in [0.4, 0.5) is 21.5 Å². The van der Waals surface area contributed by atoms with Gasteiger partial charge < -0.3 is 20.9 Å². The van der Waals surface area contributed by atoms with Crippen molar-refractivity contribution >= 4 is 28.5 Å². The molecular weight excluding hydrogens is 343 g/mol. The van der Waals surface area contributed by atoms with Gasteiger partial charge in [0.05, 0.1) is 11.3 Å². The molecule has 0 fully saturated rings. The summed E-state index contributed by atoms with van der Waals surface area (Å²) < 4.78 is 13.3. The molecule has 0 spiro atoms. The average molecular weight is 368 g/mol. The number of carbonyl (C=O) groups excluding carboxylic acids is 1. The Morgan fingerprint density at radius 2 is 2.00 bits per heavy atom. The Hall–Kier alpha value is -2.86. The maximum Gasteiger partial charge on any atom is 0.257 e. The van der Waals surface area contributed by atoms with Crippen LogP contribution in [0.1, 0.15) is 18.1 Å². The van der Waals surface area contributed by atoms with Gasteiger partial charge in [0.1, 0.15) is 5.82 Å². The fourth-order valence-electron chi connectivity index (χ4n) is 3.24. The normalized spacial score (nSPS) is 15.6. The first-order valence-electron chi connectivity index (χ1n) is 8.93. The van der Waals surface area contributed by atoms with Gasteiger partial charge in [-0.25, -0.2) is 4.39 Å². The van der Waals surface area contributed by atoms with Gasteiger partial charge in [0.2, 0.25) is 0 Å². The first-order valence-corrected chi connectivity index (χ1v) is 8.93. The standard InChI is InChI=1S/C21H25FN4O/c1-13-9-16(6-8-19(13)24-14(2)12-26(3)4)23-11-18-17-7-5-15(22)10-20(17)25-21(18)27/h5-11,14,23-24H,12H2,1-4H3,(H,25,27)/b18-11+. The number of nitrogens with one attached hydrogen (secondary N) is 3. The number of anilines is 3. The summed E-state index contributed by atoms with van der Waals surface area (Å²) in [7, 11) is 4.11. The van der Waals surface area contributed by atoms with Crippen molar-refractivity contribution in [2.45, 2.75) is 19.9 Å². The maximum absolute atomic E-state index is 13.3. The molecule has 27 heavy (non-hydrogen) atoms. The summed E-state index contributed by atoms with van der Waals surface area (Å²) in [4.78, 5) is 14.3. The van der Waals surface area contributed by atoms with E-state index in [1.807, 2.05) is 25.1 Å². The molecule has 3 N–H and O–H groups in total. The maximum atomic E-state index is 13.3. The third kappa shape index (κ3) is 4.46. The first kappa shape index (κ1) is 18.9. The summed E-state index contributed by atoms with van der Waals surface area (Å²) in [6.45, 7) is 5.14. The molecule has 0 bridgehead atoms. The molecule has 6 heteroatoms. The van der Waals surface area contributed by atoms with Crippen LogP contribution in [-0.2, 0) is 4.79 Å². The van der Waals surface area contributed by atoms with Crippen LogP contribution in [0.3, 0.4) is 0 Å². The lowest BCUT2D eigenvalue weighted by atomic mass is 10.1. The predicted octanol–water partition coefficient (Wildman–Crippen LogP) is 3.90. The van der Waals surface area contributed by atoms with Gasteiger partial charge in [-0.2, -0.15) is 0 Å². The van der Waals surface area contributed by atoms with Gasteiger partial charge in [-0.15, -0.1) is 0 Å². The van der Waals surface area contributed by atoms with E-state index in [0.29, 0.717) is 22.9 Å². The molecule has 0 saturated heterocycles. The third-order valence-corrected chi connectivity index (χ3v) is 4.42. The Bertz CT molecular complexity index is 892. The molecule has 0 radical (unpaired) electrons. The molecule has 1 aliphatic rings. The molecule has 2 aromatic rings. The number of nitrogens with zero attached hydrogens (tertiary/aromatic N) is 1. The van der Waals surface area contributed by atoms with Crippen molar-refractivity contribution in [1.82, 2.24) is 4.90 Å². The quantitative estimate of drug-likeness (QED) is 0.677. The van der Waals surface area contributed by atoms with Gasteiger partial charge in [-0.1, -0.05) is 0 Å². The van der Waals surface area contributed by atoms with Crippen molar-refractivity contribution < 1.29 is 9.18 Å². The first-order chi connectivity index (χ1) is 12.8. The smallest absolute Gasteiger partial charge is 0.257 e. The second-order valence-electron chi connectivity index (χ2n) is 7.18. The van der Waals surface area contributed by atoms with Crippen molar-refractivity contribution in [3.8, 4) is 0 Å². The van der Waals surface area contributed by atoms with E-state index in [0.717, 1.165) is 23.5 Å².